The molecule has 0 saturated carbocycles. The third-order valence-corrected chi connectivity index (χ3v) is 5.79. The molecule has 0 saturated heterocycles. The molecular weight excluding hydrogens is 283 g/mol. The fourth-order valence-electron chi connectivity index (χ4n) is 2.49. The van der Waals surface area contributed by atoms with Crippen LogP contribution in [0.2, 0.25) is 0 Å². The van der Waals surface area contributed by atoms with E-state index in [4.69, 9.17) is 9.05 Å². The Morgan fingerprint density at radius 1 is 1.00 bits per heavy atom. The SMILES string of the molecule is CCOP(=O)(C[C@H](C)c1ccc2ccccc2c1)OCC. The molecule has 0 aliphatic heterocycles. The molecule has 0 spiro atoms. The predicted molar refractivity (Wildman–Crippen MR) is 88.1 cm³/mol. The first-order valence-electron chi connectivity index (χ1n) is 7.45. The molecule has 2 rings (SSSR count). The van der Waals surface area contributed by atoms with Crippen molar-refractivity contribution in [2.24, 2.45) is 0 Å². The maximum atomic E-state index is 12.6. The molecule has 0 bridgehead atoms. The van der Waals surface area contributed by atoms with E-state index in [0.717, 1.165) is 5.56 Å². The van der Waals surface area contributed by atoms with Crippen LogP contribution in [0.3, 0.4) is 0 Å². The summed E-state index contributed by atoms with van der Waals surface area (Å²) in [6.45, 7) is 6.55. The van der Waals surface area contributed by atoms with Gasteiger partial charge in [-0.1, -0.05) is 49.4 Å². The van der Waals surface area contributed by atoms with E-state index in [1.165, 1.54) is 10.8 Å². The van der Waals surface area contributed by atoms with Gasteiger partial charge < -0.3 is 9.05 Å². The molecule has 0 aliphatic rings. The third kappa shape index (κ3) is 4.16. The van der Waals surface area contributed by atoms with Gasteiger partial charge in [-0.2, -0.15) is 0 Å². The van der Waals surface area contributed by atoms with Gasteiger partial charge in [0.1, 0.15) is 0 Å². The molecule has 0 aromatic heterocycles. The number of benzene rings is 2. The van der Waals surface area contributed by atoms with Gasteiger partial charge in [-0.05, 0) is 36.1 Å². The highest BCUT2D eigenvalue weighted by Gasteiger charge is 2.27. The van der Waals surface area contributed by atoms with Gasteiger partial charge in [0.15, 0.2) is 0 Å². The second kappa shape index (κ2) is 7.22. The maximum Gasteiger partial charge on any atom is 0.331 e. The summed E-state index contributed by atoms with van der Waals surface area (Å²) in [4.78, 5) is 0. The molecule has 0 N–H and O–H groups in total. The zero-order chi connectivity index (χ0) is 15.3. The second-order valence-electron chi connectivity index (χ2n) is 5.14. The highest BCUT2D eigenvalue weighted by Crippen LogP contribution is 2.51. The Kier molecular flexibility index (Phi) is 5.58. The summed E-state index contributed by atoms with van der Waals surface area (Å²) in [6.07, 6.45) is 0.410. The van der Waals surface area contributed by atoms with Gasteiger partial charge in [-0.15, -0.1) is 0 Å². The monoisotopic (exact) mass is 306 g/mol. The largest absolute Gasteiger partial charge is 0.331 e. The van der Waals surface area contributed by atoms with Crippen molar-refractivity contribution in [3.8, 4) is 0 Å². The van der Waals surface area contributed by atoms with Crippen LogP contribution in [0.4, 0.5) is 0 Å². The van der Waals surface area contributed by atoms with Crippen LogP contribution in [-0.4, -0.2) is 19.4 Å². The fraction of sp³-hybridized carbons (Fsp3) is 0.412. The molecule has 0 heterocycles. The number of hydrogen-bond acceptors (Lipinski definition) is 3. The average molecular weight is 306 g/mol. The first-order chi connectivity index (χ1) is 10.1. The standard InChI is InChI=1S/C17H23O3P/c1-4-19-21(18,20-5-2)13-14(3)16-11-10-15-8-6-7-9-17(15)12-16/h6-12,14H,4-5,13H2,1-3H3/t14-/m0/s1. The minimum atomic E-state index is -3.00. The van der Waals surface area contributed by atoms with Gasteiger partial charge in [0, 0.05) is 0 Å². The molecular formula is C17H23O3P. The summed E-state index contributed by atoms with van der Waals surface area (Å²) >= 11 is 0. The first kappa shape index (κ1) is 16.2. The molecule has 21 heavy (non-hydrogen) atoms. The second-order valence-corrected chi connectivity index (χ2v) is 7.24. The molecule has 0 radical (unpaired) electrons. The smallest absolute Gasteiger partial charge is 0.309 e. The average Bonchev–Trinajstić information content (AvgIpc) is 2.47. The van der Waals surface area contributed by atoms with Crippen molar-refractivity contribution in [1.29, 1.82) is 0 Å². The van der Waals surface area contributed by atoms with E-state index >= 15 is 0 Å². The third-order valence-electron chi connectivity index (χ3n) is 3.49. The summed E-state index contributed by atoms with van der Waals surface area (Å²) in [5, 5.41) is 2.41. The van der Waals surface area contributed by atoms with Crippen molar-refractivity contribution in [2.45, 2.75) is 26.7 Å². The first-order valence-corrected chi connectivity index (χ1v) is 9.17. The van der Waals surface area contributed by atoms with Crippen LogP contribution in [-0.2, 0) is 13.6 Å². The number of fused-ring (bicyclic) bond motifs is 1. The predicted octanol–water partition coefficient (Wildman–Crippen LogP) is 5.21. The molecule has 1 atom stereocenters. The van der Waals surface area contributed by atoms with Crippen molar-refractivity contribution < 1.29 is 13.6 Å². The molecule has 0 fully saturated rings. The van der Waals surface area contributed by atoms with Gasteiger partial charge in [-0.25, -0.2) is 0 Å². The van der Waals surface area contributed by atoms with Gasteiger partial charge in [0.2, 0.25) is 0 Å². The van der Waals surface area contributed by atoms with E-state index < -0.39 is 7.60 Å². The summed E-state index contributed by atoms with van der Waals surface area (Å²) in [7, 11) is -3.00. The van der Waals surface area contributed by atoms with Crippen molar-refractivity contribution in [3.05, 3.63) is 48.0 Å². The van der Waals surface area contributed by atoms with E-state index in [-0.39, 0.29) is 5.92 Å². The lowest BCUT2D eigenvalue weighted by molar-refractivity contribution is 0.219. The molecule has 114 valence electrons. The highest BCUT2D eigenvalue weighted by molar-refractivity contribution is 7.53. The number of hydrogen-bond donors (Lipinski definition) is 0. The Morgan fingerprint density at radius 2 is 1.62 bits per heavy atom. The van der Waals surface area contributed by atoms with Crippen molar-refractivity contribution >= 4 is 18.4 Å². The van der Waals surface area contributed by atoms with Crippen molar-refractivity contribution in [2.75, 3.05) is 19.4 Å². The molecule has 0 amide bonds. The zero-order valence-electron chi connectivity index (χ0n) is 12.9. The van der Waals surface area contributed by atoms with Crippen LogP contribution >= 0.6 is 7.60 Å². The summed E-state index contributed by atoms with van der Waals surface area (Å²) in [5.74, 6) is 0.124. The Balaban J connectivity index is 2.20. The zero-order valence-corrected chi connectivity index (χ0v) is 13.8. The summed E-state index contributed by atoms with van der Waals surface area (Å²) < 4.78 is 23.4. The summed E-state index contributed by atoms with van der Waals surface area (Å²) in [6, 6.07) is 14.6. The Morgan fingerprint density at radius 3 is 2.24 bits per heavy atom. The fourth-order valence-corrected chi connectivity index (χ4v) is 4.44. The Hall–Kier alpha value is -1.15. The molecule has 0 aliphatic carbocycles. The van der Waals surface area contributed by atoms with E-state index in [1.807, 2.05) is 26.0 Å². The van der Waals surface area contributed by atoms with Gasteiger partial charge in [0.25, 0.3) is 0 Å². The van der Waals surface area contributed by atoms with E-state index in [9.17, 15) is 4.57 Å². The van der Waals surface area contributed by atoms with Crippen LogP contribution in [0.15, 0.2) is 42.5 Å². The minimum absolute atomic E-state index is 0.124. The number of rotatable bonds is 7. The minimum Gasteiger partial charge on any atom is -0.309 e. The topological polar surface area (TPSA) is 35.5 Å². The maximum absolute atomic E-state index is 12.6. The van der Waals surface area contributed by atoms with E-state index in [0.29, 0.717) is 19.4 Å². The molecule has 4 heteroatoms. The van der Waals surface area contributed by atoms with Crippen LogP contribution in [0.5, 0.6) is 0 Å². The Bertz CT molecular complexity index is 629. The van der Waals surface area contributed by atoms with Crippen molar-refractivity contribution in [1.82, 2.24) is 0 Å². The van der Waals surface area contributed by atoms with E-state index in [1.54, 1.807) is 0 Å². The van der Waals surface area contributed by atoms with Crippen LogP contribution in [0.25, 0.3) is 10.8 Å². The molecule has 3 nitrogen and oxygen atoms in total. The van der Waals surface area contributed by atoms with Gasteiger partial charge in [0.05, 0.1) is 19.4 Å². The normalized spacial score (nSPS) is 13.5. The lowest BCUT2D eigenvalue weighted by Gasteiger charge is -2.21. The van der Waals surface area contributed by atoms with E-state index in [2.05, 4.69) is 37.3 Å². The lowest BCUT2D eigenvalue weighted by Crippen LogP contribution is -2.06. The van der Waals surface area contributed by atoms with Gasteiger partial charge >= 0.3 is 7.60 Å². The van der Waals surface area contributed by atoms with Crippen LogP contribution in [0.1, 0.15) is 32.3 Å². The van der Waals surface area contributed by atoms with Crippen LogP contribution < -0.4 is 0 Å². The quantitative estimate of drug-likeness (QED) is 0.659. The highest BCUT2D eigenvalue weighted by atomic mass is 31.2. The Labute approximate surface area is 126 Å². The van der Waals surface area contributed by atoms with Crippen LogP contribution in [0, 0.1) is 0 Å². The van der Waals surface area contributed by atoms with Gasteiger partial charge in [-0.3, -0.25) is 4.57 Å². The molecule has 2 aromatic carbocycles. The lowest BCUT2D eigenvalue weighted by atomic mass is 9.99. The molecule has 0 unspecified atom stereocenters. The molecule has 2 aromatic rings. The van der Waals surface area contributed by atoms with Crippen molar-refractivity contribution in [3.63, 3.8) is 0 Å². The summed E-state index contributed by atoms with van der Waals surface area (Å²) in [5.41, 5.74) is 1.16.